The summed E-state index contributed by atoms with van der Waals surface area (Å²) in [5.41, 5.74) is 0.609. The van der Waals surface area contributed by atoms with Crippen LogP contribution in [-0.4, -0.2) is 25.5 Å². The zero-order chi connectivity index (χ0) is 13.8. The maximum absolute atomic E-state index is 11.7. The Morgan fingerprint density at radius 1 is 1.44 bits per heavy atom. The maximum Gasteiger partial charge on any atom is 0.335 e. The third kappa shape index (κ3) is 4.20. The Hall–Kier alpha value is -1.84. The molecule has 0 heterocycles. The second kappa shape index (κ2) is 5.67. The minimum atomic E-state index is -3.52. The van der Waals surface area contributed by atoms with Crippen molar-refractivity contribution >= 4 is 16.0 Å². The second-order valence-electron chi connectivity index (χ2n) is 3.77. The molecule has 0 aliphatic heterocycles. The van der Waals surface area contributed by atoms with Crippen molar-refractivity contribution in [1.82, 2.24) is 4.72 Å². The Kier molecular flexibility index (Phi) is 4.48. The summed E-state index contributed by atoms with van der Waals surface area (Å²) < 4.78 is 25.6. The molecule has 18 heavy (non-hydrogen) atoms. The average Bonchev–Trinajstić information content (AvgIpc) is 2.28. The lowest BCUT2D eigenvalue weighted by Crippen LogP contribution is -2.32. The summed E-state index contributed by atoms with van der Waals surface area (Å²) in [4.78, 5) is 10.6. The van der Waals surface area contributed by atoms with Crippen LogP contribution in [0.1, 0.15) is 22.8 Å². The van der Waals surface area contributed by atoms with Crippen molar-refractivity contribution in [3.05, 3.63) is 35.4 Å². The average molecular weight is 267 g/mol. The topological polar surface area (TPSA) is 83.5 Å². The molecular formula is C12H13NO4S. The Morgan fingerprint density at radius 3 is 2.44 bits per heavy atom. The van der Waals surface area contributed by atoms with Gasteiger partial charge in [0.2, 0.25) is 10.0 Å². The zero-order valence-electron chi connectivity index (χ0n) is 9.75. The molecule has 0 spiro atoms. The van der Waals surface area contributed by atoms with E-state index in [1.54, 1.807) is 6.92 Å². The molecule has 0 aliphatic carbocycles. The van der Waals surface area contributed by atoms with Crippen LogP contribution >= 0.6 is 0 Å². The molecule has 5 nitrogen and oxygen atoms in total. The first-order valence-electron chi connectivity index (χ1n) is 5.12. The minimum Gasteiger partial charge on any atom is -0.478 e. The van der Waals surface area contributed by atoms with Gasteiger partial charge in [-0.1, -0.05) is 18.1 Å². The van der Waals surface area contributed by atoms with Crippen molar-refractivity contribution < 1.29 is 18.3 Å². The number of sulfonamides is 1. The van der Waals surface area contributed by atoms with E-state index >= 15 is 0 Å². The van der Waals surface area contributed by atoms with E-state index in [4.69, 9.17) is 11.5 Å². The SMILES string of the molecule is C#CC(C)NS(=O)(=O)Cc1ccc(C(=O)O)cc1. The summed E-state index contributed by atoms with van der Waals surface area (Å²) in [6.07, 6.45) is 5.08. The number of rotatable bonds is 5. The van der Waals surface area contributed by atoms with Gasteiger partial charge in [0.15, 0.2) is 0 Å². The van der Waals surface area contributed by atoms with E-state index < -0.39 is 22.0 Å². The monoisotopic (exact) mass is 267 g/mol. The van der Waals surface area contributed by atoms with E-state index in [-0.39, 0.29) is 11.3 Å². The number of carboxylic acids is 1. The van der Waals surface area contributed by atoms with Crippen molar-refractivity contribution in [1.29, 1.82) is 0 Å². The van der Waals surface area contributed by atoms with Gasteiger partial charge in [0.25, 0.3) is 0 Å². The van der Waals surface area contributed by atoms with Gasteiger partial charge in [0.1, 0.15) is 0 Å². The predicted octanol–water partition coefficient (Wildman–Crippen LogP) is 0.826. The number of hydrogen-bond donors (Lipinski definition) is 2. The maximum atomic E-state index is 11.7. The highest BCUT2D eigenvalue weighted by Crippen LogP contribution is 2.08. The first kappa shape index (κ1) is 14.2. The molecule has 0 fully saturated rings. The normalized spacial score (nSPS) is 12.7. The van der Waals surface area contributed by atoms with Gasteiger partial charge >= 0.3 is 5.97 Å². The van der Waals surface area contributed by atoms with Gasteiger partial charge in [0, 0.05) is 0 Å². The van der Waals surface area contributed by atoms with Gasteiger partial charge in [-0.15, -0.1) is 6.42 Å². The van der Waals surface area contributed by atoms with Gasteiger partial charge in [-0.05, 0) is 24.6 Å². The Labute approximate surface area is 106 Å². The molecule has 96 valence electrons. The third-order valence-corrected chi connectivity index (χ3v) is 3.59. The van der Waals surface area contributed by atoms with Crippen LogP contribution < -0.4 is 4.72 Å². The first-order valence-corrected chi connectivity index (χ1v) is 6.77. The predicted molar refractivity (Wildman–Crippen MR) is 67.5 cm³/mol. The van der Waals surface area contributed by atoms with Crippen LogP contribution in [0.3, 0.4) is 0 Å². The van der Waals surface area contributed by atoms with Crippen molar-refractivity contribution in [2.45, 2.75) is 18.7 Å². The number of benzene rings is 1. The second-order valence-corrected chi connectivity index (χ2v) is 5.52. The molecule has 0 amide bonds. The van der Waals surface area contributed by atoms with Crippen LogP contribution in [0.4, 0.5) is 0 Å². The van der Waals surface area contributed by atoms with E-state index in [1.165, 1.54) is 24.3 Å². The van der Waals surface area contributed by atoms with E-state index in [1.807, 2.05) is 0 Å². The summed E-state index contributed by atoms with van der Waals surface area (Å²) in [5, 5.41) is 8.71. The molecule has 0 bridgehead atoms. The molecule has 0 saturated carbocycles. The summed E-state index contributed by atoms with van der Waals surface area (Å²) in [5.74, 6) is 0.973. The molecule has 2 N–H and O–H groups in total. The van der Waals surface area contributed by atoms with Crippen LogP contribution in [0.5, 0.6) is 0 Å². The molecule has 1 atom stereocenters. The highest BCUT2D eigenvalue weighted by atomic mass is 32.2. The summed E-state index contributed by atoms with van der Waals surface area (Å²) in [6.45, 7) is 1.56. The standard InChI is InChI=1S/C12H13NO4S/c1-3-9(2)13-18(16,17)8-10-4-6-11(7-5-10)12(14)15/h1,4-7,9,13H,8H2,2H3,(H,14,15). The molecule has 1 aromatic rings. The quantitative estimate of drug-likeness (QED) is 0.774. The fourth-order valence-corrected chi connectivity index (χ4v) is 2.63. The van der Waals surface area contributed by atoms with E-state index in [9.17, 15) is 13.2 Å². The number of aromatic carboxylic acids is 1. The van der Waals surface area contributed by atoms with Crippen molar-refractivity contribution in [3.8, 4) is 12.3 Å². The van der Waals surface area contributed by atoms with Crippen LogP contribution in [-0.2, 0) is 15.8 Å². The molecule has 1 aromatic carbocycles. The fraction of sp³-hybridized carbons (Fsp3) is 0.250. The molecule has 1 unspecified atom stereocenters. The number of hydrogen-bond acceptors (Lipinski definition) is 3. The molecule has 0 aromatic heterocycles. The molecule has 0 aliphatic rings. The molecule has 1 rings (SSSR count). The van der Waals surface area contributed by atoms with E-state index in [0.717, 1.165) is 0 Å². The van der Waals surface area contributed by atoms with Crippen LogP contribution in [0.15, 0.2) is 24.3 Å². The highest BCUT2D eigenvalue weighted by molar-refractivity contribution is 7.88. The van der Waals surface area contributed by atoms with Gasteiger partial charge in [-0.25, -0.2) is 17.9 Å². The first-order chi connectivity index (χ1) is 8.34. The van der Waals surface area contributed by atoms with Gasteiger partial charge in [-0.3, -0.25) is 0 Å². The Bertz CT molecular complexity index is 569. The Morgan fingerprint density at radius 2 is 2.00 bits per heavy atom. The van der Waals surface area contributed by atoms with Gasteiger partial charge in [0.05, 0.1) is 17.4 Å². The van der Waals surface area contributed by atoms with Crippen molar-refractivity contribution in [3.63, 3.8) is 0 Å². The Balaban J connectivity index is 2.79. The van der Waals surface area contributed by atoms with Crippen molar-refractivity contribution in [2.75, 3.05) is 0 Å². The zero-order valence-corrected chi connectivity index (χ0v) is 10.6. The highest BCUT2D eigenvalue weighted by Gasteiger charge is 2.14. The largest absolute Gasteiger partial charge is 0.478 e. The van der Waals surface area contributed by atoms with Crippen molar-refractivity contribution in [2.24, 2.45) is 0 Å². The lowest BCUT2D eigenvalue weighted by atomic mass is 10.1. The number of carboxylic acid groups (broad SMARTS) is 1. The van der Waals surface area contributed by atoms with E-state index in [2.05, 4.69) is 10.6 Å². The smallest absolute Gasteiger partial charge is 0.335 e. The molecule has 0 radical (unpaired) electrons. The van der Waals surface area contributed by atoms with Crippen LogP contribution in [0.2, 0.25) is 0 Å². The number of nitrogens with one attached hydrogen (secondary N) is 1. The molecule has 0 saturated heterocycles. The summed E-state index contributed by atoms with van der Waals surface area (Å²) in [6, 6.07) is 5.07. The number of terminal acetylenes is 1. The molecule has 6 heteroatoms. The van der Waals surface area contributed by atoms with Crippen LogP contribution in [0.25, 0.3) is 0 Å². The minimum absolute atomic E-state index is 0.112. The van der Waals surface area contributed by atoms with Crippen LogP contribution in [0, 0.1) is 12.3 Å². The van der Waals surface area contributed by atoms with E-state index in [0.29, 0.717) is 5.56 Å². The lowest BCUT2D eigenvalue weighted by molar-refractivity contribution is 0.0697. The fourth-order valence-electron chi connectivity index (χ4n) is 1.31. The number of carbonyl (C=O) groups is 1. The molecular weight excluding hydrogens is 254 g/mol. The lowest BCUT2D eigenvalue weighted by Gasteiger charge is -2.09. The van der Waals surface area contributed by atoms with Gasteiger partial charge in [-0.2, -0.15) is 0 Å². The van der Waals surface area contributed by atoms with Gasteiger partial charge < -0.3 is 5.11 Å². The summed E-state index contributed by atoms with van der Waals surface area (Å²) >= 11 is 0. The third-order valence-electron chi connectivity index (χ3n) is 2.16. The summed E-state index contributed by atoms with van der Waals surface area (Å²) in [7, 11) is -3.52.